The van der Waals surface area contributed by atoms with Crippen LogP contribution in [-0.4, -0.2) is 65.8 Å². The molecule has 11 heteroatoms. The number of amides is 1. The van der Waals surface area contributed by atoms with Crippen molar-refractivity contribution in [2.75, 3.05) is 41.9 Å². The highest BCUT2D eigenvalue weighted by atomic mass is 32.2. The van der Waals surface area contributed by atoms with Crippen LogP contribution >= 0.6 is 0 Å². The normalized spacial score (nSPS) is 17.0. The molecule has 0 saturated carbocycles. The third-order valence-corrected chi connectivity index (χ3v) is 13.0. The number of benzene rings is 4. The van der Waals surface area contributed by atoms with Gasteiger partial charge in [-0.05, 0) is 120 Å². The molecule has 0 saturated heterocycles. The second-order valence-electron chi connectivity index (χ2n) is 18.4. The number of fused-ring (bicyclic) bond motifs is 4. The van der Waals surface area contributed by atoms with Crippen molar-refractivity contribution in [2.24, 2.45) is 0 Å². The lowest BCUT2D eigenvalue weighted by Gasteiger charge is -2.29. The lowest BCUT2D eigenvalue weighted by atomic mass is 9.77. The maximum Gasteiger partial charge on any atom is 0.414 e. The molecule has 0 spiro atoms. The summed E-state index contributed by atoms with van der Waals surface area (Å²) in [7, 11) is 1.76. The van der Waals surface area contributed by atoms with Crippen LogP contribution < -0.4 is 10.2 Å². The van der Waals surface area contributed by atoms with E-state index in [1.54, 1.807) is 11.9 Å². The van der Waals surface area contributed by atoms with Gasteiger partial charge in [0.15, 0.2) is 22.2 Å². The van der Waals surface area contributed by atoms with Gasteiger partial charge in [-0.25, -0.2) is 13.2 Å². The Morgan fingerprint density at radius 2 is 1.42 bits per heavy atom. The summed E-state index contributed by atoms with van der Waals surface area (Å²) in [5.74, 6) is 0.511. The van der Waals surface area contributed by atoms with E-state index in [9.17, 15) is 22.3 Å². The molecule has 6 rings (SSSR count). The monoisotopic (exact) mass is 907 g/mol. The van der Waals surface area contributed by atoms with Gasteiger partial charge in [-0.15, -0.1) is 0 Å². The van der Waals surface area contributed by atoms with E-state index in [0.29, 0.717) is 32.4 Å². The third kappa shape index (κ3) is 12.1. The fourth-order valence-corrected chi connectivity index (χ4v) is 9.73. The number of likely N-dealkylation sites (N-methyl/N-ethyl adjacent to an activating group) is 1. The molecule has 2 atom stereocenters. The van der Waals surface area contributed by atoms with Crippen LogP contribution in [0.5, 0.6) is 0 Å². The molecule has 3 N–H and O–H groups in total. The van der Waals surface area contributed by atoms with Crippen molar-refractivity contribution in [1.29, 1.82) is 0 Å². The minimum atomic E-state index is -1.83. The predicted molar refractivity (Wildman–Crippen MR) is 271 cm³/mol. The minimum absolute atomic E-state index is 0.241. The number of nitrogens with zero attached hydrogens (tertiary/aromatic N) is 2. The summed E-state index contributed by atoms with van der Waals surface area (Å²) in [4.78, 5) is 17.7. The smallest absolute Gasteiger partial charge is 0.414 e. The Bertz CT molecular complexity index is 2510. The van der Waals surface area contributed by atoms with Crippen LogP contribution in [-0.2, 0) is 37.7 Å². The Hall–Kier alpha value is -4.81. The number of carbonyl (C=O) groups excluding carboxylic acids is 1. The standard InChI is InChI=1S/C51H63N3O6S2.C2H6/c1-49(2,3)60-48(55)53(8)47-38(20-17-31-50(4,5)45-40-21-11-9-18-36(40)25-28-42(45)52-32-13-15-34-61(56)57)23-24-39(47)27-30-44-51(6,7)46-41-22-12-10-19-37(41)26-29-43(46)54(44)33-14-16-35-62(58)59;1-2/h9-12,17-30,52H,13-16,31-35H2,1-8H3,(H,56,57)(H,58,59);1-2H3/b20-17+,39-27+,44-30+;. The fourth-order valence-electron chi connectivity index (χ4n) is 8.83. The van der Waals surface area contributed by atoms with Gasteiger partial charge in [0, 0.05) is 54.1 Å². The van der Waals surface area contributed by atoms with E-state index in [1.807, 2.05) is 34.6 Å². The summed E-state index contributed by atoms with van der Waals surface area (Å²) in [6.45, 7) is 20.0. The molecule has 344 valence electrons. The zero-order valence-electron chi connectivity index (χ0n) is 39.5. The highest BCUT2D eigenvalue weighted by Crippen LogP contribution is 2.51. The maximum atomic E-state index is 13.8. The Kier molecular flexibility index (Phi) is 17.2. The second kappa shape index (κ2) is 21.9. The van der Waals surface area contributed by atoms with Crippen molar-refractivity contribution >= 4 is 61.2 Å². The zero-order valence-corrected chi connectivity index (χ0v) is 41.1. The molecule has 0 fully saturated rings. The van der Waals surface area contributed by atoms with E-state index in [4.69, 9.17) is 4.74 Å². The van der Waals surface area contributed by atoms with Crippen LogP contribution in [0, 0.1) is 0 Å². The van der Waals surface area contributed by atoms with E-state index in [2.05, 4.69) is 147 Å². The summed E-state index contributed by atoms with van der Waals surface area (Å²) in [5.41, 5.74) is 6.95. The van der Waals surface area contributed by atoms with E-state index < -0.39 is 33.9 Å². The quantitative estimate of drug-likeness (QED) is 0.0708. The Morgan fingerprint density at radius 1 is 0.812 bits per heavy atom. The number of rotatable bonds is 17. The van der Waals surface area contributed by atoms with Crippen molar-refractivity contribution in [2.45, 2.75) is 111 Å². The fraction of sp³-hybridized carbons (Fsp3) is 0.415. The minimum Gasteiger partial charge on any atom is -0.443 e. The van der Waals surface area contributed by atoms with Gasteiger partial charge in [0.05, 0.1) is 5.70 Å². The SMILES string of the molecule is CC.CN(C(=O)OC(C)(C)C)C1=C(/C=C/CC(C)(C)c2c(NCCCCS(=O)O)ccc3ccccc23)C=C/C1=C\C=C1\N(CCCCS(=O)O)c2ccc3ccccc3c2C1(C)C. The average Bonchev–Trinajstić information content (AvgIpc) is 3.74. The van der Waals surface area contributed by atoms with Gasteiger partial charge in [-0.2, -0.15) is 0 Å². The number of allylic oxidation sites excluding steroid dienone is 8. The summed E-state index contributed by atoms with van der Waals surface area (Å²) in [5, 5.41) is 8.36. The van der Waals surface area contributed by atoms with Crippen molar-refractivity contribution in [3.8, 4) is 0 Å². The van der Waals surface area contributed by atoms with E-state index in [1.165, 1.54) is 27.3 Å². The summed E-state index contributed by atoms with van der Waals surface area (Å²) in [6.07, 6.45) is 15.8. The lowest BCUT2D eigenvalue weighted by Crippen LogP contribution is -2.34. The molecule has 0 aromatic heterocycles. The van der Waals surface area contributed by atoms with E-state index in [0.717, 1.165) is 52.1 Å². The van der Waals surface area contributed by atoms with Crippen LogP contribution in [0.4, 0.5) is 16.2 Å². The number of carbonyl (C=O) groups is 1. The first-order chi connectivity index (χ1) is 30.4. The molecule has 1 aliphatic heterocycles. The number of unbranched alkanes of at least 4 members (excludes halogenated alkanes) is 2. The van der Waals surface area contributed by atoms with Crippen molar-refractivity contribution in [3.63, 3.8) is 0 Å². The topological polar surface area (TPSA) is 119 Å². The predicted octanol–water partition coefficient (Wildman–Crippen LogP) is 13.0. The lowest BCUT2D eigenvalue weighted by molar-refractivity contribution is 0.0357. The molecular weight excluding hydrogens is 839 g/mol. The highest BCUT2D eigenvalue weighted by molar-refractivity contribution is 7.79. The van der Waals surface area contributed by atoms with E-state index in [-0.39, 0.29) is 22.3 Å². The molecule has 1 amide bonds. The van der Waals surface area contributed by atoms with Crippen LogP contribution in [0.2, 0.25) is 0 Å². The van der Waals surface area contributed by atoms with Crippen LogP contribution in [0.25, 0.3) is 21.5 Å². The zero-order chi connectivity index (χ0) is 46.8. The molecule has 64 heavy (non-hydrogen) atoms. The number of hydrogen-bond acceptors (Lipinski definition) is 6. The van der Waals surface area contributed by atoms with Gasteiger partial charge in [0.2, 0.25) is 0 Å². The molecule has 0 radical (unpaired) electrons. The Morgan fingerprint density at radius 3 is 2.08 bits per heavy atom. The number of nitrogens with one attached hydrogen (secondary N) is 1. The Balaban J connectivity index is 0.00000380. The Labute approximate surface area is 387 Å². The molecule has 2 aliphatic rings. The first-order valence-electron chi connectivity index (χ1n) is 22.6. The molecule has 1 aliphatic carbocycles. The molecular formula is C53H69N3O6S2. The summed E-state index contributed by atoms with van der Waals surface area (Å²) < 4.78 is 47.3. The van der Waals surface area contributed by atoms with Gasteiger partial charge >= 0.3 is 6.09 Å². The van der Waals surface area contributed by atoms with Crippen LogP contribution in [0.15, 0.2) is 132 Å². The average molecular weight is 908 g/mol. The summed E-state index contributed by atoms with van der Waals surface area (Å²) >= 11 is -3.62. The first kappa shape index (κ1) is 50.2. The second-order valence-corrected chi connectivity index (χ2v) is 20.5. The van der Waals surface area contributed by atoms with Gasteiger partial charge in [0.1, 0.15) is 5.60 Å². The number of anilines is 2. The molecule has 1 heterocycles. The molecule has 4 aromatic rings. The van der Waals surface area contributed by atoms with Crippen molar-refractivity contribution in [1.82, 2.24) is 4.90 Å². The van der Waals surface area contributed by atoms with Gasteiger partial charge in [-0.1, -0.05) is 133 Å². The van der Waals surface area contributed by atoms with Gasteiger partial charge < -0.3 is 24.1 Å². The third-order valence-electron chi connectivity index (χ3n) is 11.7. The van der Waals surface area contributed by atoms with Gasteiger partial charge in [0.25, 0.3) is 0 Å². The van der Waals surface area contributed by atoms with E-state index >= 15 is 0 Å². The first-order valence-corrected chi connectivity index (χ1v) is 25.1. The maximum absolute atomic E-state index is 13.8. The molecule has 9 nitrogen and oxygen atoms in total. The van der Waals surface area contributed by atoms with Gasteiger partial charge in [-0.3, -0.25) is 4.90 Å². The van der Waals surface area contributed by atoms with Crippen molar-refractivity contribution in [3.05, 3.63) is 143 Å². The highest BCUT2D eigenvalue weighted by Gasteiger charge is 2.41. The number of ether oxygens (including phenoxy) is 1. The van der Waals surface area contributed by atoms with Crippen LogP contribution in [0.3, 0.4) is 0 Å². The molecule has 0 bridgehead atoms. The largest absolute Gasteiger partial charge is 0.443 e. The molecule has 4 aromatic carbocycles. The van der Waals surface area contributed by atoms with Crippen LogP contribution in [0.1, 0.15) is 106 Å². The van der Waals surface area contributed by atoms with Crippen molar-refractivity contribution < 1.29 is 27.1 Å². The number of hydrogen-bond donors (Lipinski definition) is 3. The molecule has 2 unspecified atom stereocenters. The summed E-state index contributed by atoms with van der Waals surface area (Å²) in [6, 6.07) is 25.5.